The minimum atomic E-state index is 0.234. The minimum absolute atomic E-state index is 0.234. The number of hydrogen-bond donors (Lipinski definition) is 2. The molecule has 3 N–H and O–H groups in total. The predicted molar refractivity (Wildman–Crippen MR) is 64.7 cm³/mol. The van der Waals surface area contributed by atoms with Gasteiger partial charge in [-0.15, -0.1) is 0 Å². The zero-order valence-corrected chi connectivity index (χ0v) is 10.2. The van der Waals surface area contributed by atoms with Gasteiger partial charge in [0.15, 0.2) is 5.16 Å². The standard InChI is InChI=1S/C10H16N4OS/c1-3-8(6-9(11)14-15)16-10-12-5-4-7(2)13-10/h4-5,8,15H,3,6H2,1-2H3,(H2,11,14). The van der Waals surface area contributed by atoms with Gasteiger partial charge < -0.3 is 10.9 Å². The Bertz CT molecular complexity index is 370. The van der Waals surface area contributed by atoms with Crippen LogP contribution in [0, 0.1) is 6.92 Å². The summed E-state index contributed by atoms with van der Waals surface area (Å²) in [5.74, 6) is 0.243. The SMILES string of the molecule is CCC(CC(N)=NO)Sc1nccc(C)n1. The molecule has 0 saturated heterocycles. The highest BCUT2D eigenvalue weighted by Crippen LogP contribution is 2.24. The lowest BCUT2D eigenvalue weighted by molar-refractivity contribution is 0.316. The summed E-state index contributed by atoms with van der Waals surface area (Å²) in [6.45, 7) is 3.98. The predicted octanol–water partition coefficient (Wildman–Crippen LogP) is 1.79. The number of aromatic nitrogens is 2. The second-order valence-electron chi connectivity index (χ2n) is 3.42. The van der Waals surface area contributed by atoms with Crippen LogP contribution >= 0.6 is 11.8 Å². The molecule has 1 rings (SSSR count). The Balaban J connectivity index is 2.63. The Morgan fingerprint density at radius 1 is 1.69 bits per heavy atom. The summed E-state index contributed by atoms with van der Waals surface area (Å²) < 4.78 is 0. The first-order valence-electron chi connectivity index (χ1n) is 5.08. The van der Waals surface area contributed by atoms with Crippen molar-refractivity contribution in [2.75, 3.05) is 0 Å². The zero-order chi connectivity index (χ0) is 12.0. The van der Waals surface area contributed by atoms with Gasteiger partial charge in [-0.3, -0.25) is 0 Å². The number of nitrogens with two attached hydrogens (primary N) is 1. The highest BCUT2D eigenvalue weighted by atomic mass is 32.2. The van der Waals surface area contributed by atoms with E-state index in [4.69, 9.17) is 10.9 Å². The van der Waals surface area contributed by atoms with Crippen molar-refractivity contribution in [3.63, 3.8) is 0 Å². The monoisotopic (exact) mass is 240 g/mol. The van der Waals surface area contributed by atoms with Gasteiger partial charge in [0.05, 0.1) is 0 Å². The van der Waals surface area contributed by atoms with Gasteiger partial charge in [0, 0.05) is 23.6 Å². The molecule has 0 fully saturated rings. The van der Waals surface area contributed by atoms with Crippen molar-refractivity contribution >= 4 is 17.6 Å². The van der Waals surface area contributed by atoms with E-state index in [-0.39, 0.29) is 11.1 Å². The maximum atomic E-state index is 8.51. The number of oxime groups is 1. The largest absolute Gasteiger partial charge is 0.409 e. The summed E-state index contributed by atoms with van der Waals surface area (Å²) in [7, 11) is 0. The number of rotatable bonds is 5. The molecule has 6 heteroatoms. The Labute approximate surface area is 99.2 Å². The average Bonchev–Trinajstić information content (AvgIpc) is 2.28. The zero-order valence-electron chi connectivity index (χ0n) is 9.42. The molecule has 0 bridgehead atoms. The molecule has 88 valence electrons. The number of thioether (sulfide) groups is 1. The van der Waals surface area contributed by atoms with Crippen LogP contribution in [0.4, 0.5) is 0 Å². The van der Waals surface area contributed by atoms with Crippen LogP contribution in [0.5, 0.6) is 0 Å². The number of hydrogen-bond acceptors (Lipinski definition) is 5. The first-order chi connectivity index (χ1) is 7.65. The maximum absolute atomic E-state index is 8.51. The molecule has 0 spiro atoms. The third-order valence-electron chi connectivity index (χ3n) is 2.07. The number of nitrogens with zero attached hydrogens (tertiary/aromatic N) is 3. The van der Waals surface area contributed by atoms with Crippen molar-refractivity contribution < 1.29 is 5.21 Å². The van der Waals surface area contributed by atoms with Gasteiger partial charge in [-0.2, -0.15) is 0 Å². The van der Waals surface area contributed by atoms with Gasteiger partial charge in [0.25, 0.3) is 0 Å². The van der Waals surface area contributed by atoms with Gasteiger partial charge in [-0.1, -0.05) is 23.8 Å². The lowest BCUT2D eigenvalue weighted by Gasteiger charge is -2.12. The molecule has 1 heterocycles. The van der Waals surface area contributed by atoms with E-state index in [0.29, 0.717) is 6.42 Å². The first kappa shape index (κ1) is 12.8. The van der Waals surface area contributed by atoms with Crippen LogP contribution in [0.15, 0.2) is 22.6 Å². The molecule has 0 saturated carbocycles. The summed E-state index contributed by atoms with van der Waals surface area (Å²) in [5, 5.41) is 12.5. The van der Waals surface area contributed by atoms with Crippen molar-refractivity contribution in [1.82, 2.24) is 9.97 Å². The van der Waals surface area contributed by atoms with E-state index >= 15 is 0 Å². The van der Waals surface area contributed by atoms with Crippen LogP contribution in [0.2, 0.25) is 0 Å². The molecule has 0 radical (unpaired) electrons. The summed E-state index contributed by atoms with van der Waals surface area (Å²) in [6, 6.07) is 1.86. The molecule has 1 atom stereocenters. The summed E-state index contributed by atoms with van der Waals surface area (Å²) in [5.41, 5.74) is 6.42. The van der Waals surface area contributed by atoms with E-state index in [2.05, 4.69) is 22.0 Å². The van der Waals surface area contributed by atoms with E-state index in [1.165, 1.54) is 0 Å². The van der Waals surface area contributed by atoms with E-state index in [1.54, 1.807) is 18.0 Å². The Hall–Kier alpha value is -1.30. The topological polar surface area (TPSA) is 84.4 Å². The second kappa shape index (κ2) is 6.32. The molecule has 0 aliphatic heterocycles. The molecule has 0 aliphatic carbocycles. The van der Waals surface area contributed by atoms with Crippen LogP contribution in [0.3, 0.4) is 0 Å². The quantitative estimate of drug-likeness (QED) is 0.205. The minimum Gasteiger partial charge on any atom is -0.409 e. The maximum Gasteiger partial charge on any atom is 0.188 e. The van der Waals surface area contributed by atoms with E-state index in [9.17, 15) is 0 Å². The van der Waals surface area contributed by atoms with Gasteiger partial charge in [0.2, 0.25) is 0 Å². The smallest absolute Gasteiger partial charge is 0.188 e. The molecule has 1 aromatic rings. The fourth-order valence-electron chi connectivity index (χ4n) is 1.18. The normalized spacial score (nSPS) is 13.8. The molecule has 5 nitrogen and oxygen atoms in total. The van der Waals surface area contributed by atoms with Crippen molar-refractivity contribution in [3.05, 3.63) is 18.0 Å². The lowest BCUT2D eigenvalue weighted by Crippen LogP contribution is -2.18. The molecule has 0 amide bonds. The highest BCUT2D eigenvalue weighted by molar-refractivity contribution is 7.99. The van der Waals surface area contributed by atoms with E-state index in [1.807, 2.05) is 13.0 Å². The van der Waals surface area contributed by atoms with Crippen LogP contribution in [-0.4, -0.2) is 26.3 Å². The second-order valence-corrected chi connectivity index (χ2v) is 4.69. The third-order valence-corrected chi connectivity index (χ3v) is 3.31. The van der Waals surface area contributed by atoms with Crippen molar-refractivity contribution in [2.24, 2.45) is 10.9 Å². The molecule has 1 unspecified atom stereocenters. The molecule has 16 heavy (non-hydrogen) atoms. The Kier molecular flexibility index (Phi) is 5.04. The highest BCUT2D eigenvalue weighted by Gasteiger charge is 2.12. The van der Waals surface area contributed by atoms with Crippen LogP contribution in [-0.2, 0) is 0 Å². The van der Waals surface area contributed by atoms with Crippen LogP contribution in [0.1, 0.15) is 25.5 Å². The molecule has 1 aromatic heterocycles. The van der Waals surface area contributed by atoms with E-state index < -0.39 is 0 Å². The van der Waals surface area contributed by atoms with Crippen LogP contribution in [0.25, 0.3) is 0 Å². The summed E-state index contributed by atoms with van der Waals surface area (Å²) >= 11 is 1.55. The molecule has 0 aliphatic rings. The van der Waals surface area contributed by atoms with Crippen molar-refractivity contribution in [1.29, 1.82) is 0 Å². The Morgan fingerprint density at radius 3 is 3.00 bits per heavy atom. The Morgan fingerprint density at radius 2 is 2.44 bits per heavy atom. The fourth-order valence-corrected chi connectivity index (χ4v) is 2.21. The van der Waals surface area contributed by atoms with Crippen molar-refractivity contribution in [2.45, 2.75) is 37.1 Å². The van der Waals surface area contributed by atoms with Gasteiger partial charge in [0.1, 0.15) is 5.84 Å². The van der Waals surface area contributed by atoms with Crippen molar-refractivity contribution in [3.8, 4) is 0 Å². The van der Waals surface area contributed by atoms with Gasteiger partial charge >= 0.3 is 0 Å². The van der Waals surface area contributed by atoms with E-state index in [0.717, 1.165) is 17.3 Å². The fraction of sp³-hybridized carbons (Fsp3) is 0.500. The van der Waals surface area contributed by atoms with Gasteiger partial charge in [-0.05, 0) is 19.4 Å². The molecule has 0 aromatic carbocycles. The third kappa shape index (κ3) is 4.06. The van der Waals surface area contributed by atoms with Gasteiger partial charge in [-0.25, -0.2) is 9.97 Å². The number of aryl methyl sites for hydroxylation is 1. The summed E-state index contributed by atoms with van der Waals surface area (Å²) in [4.78, 5) is 8.47. The molecular weight excluding hydrogens is 224 g/mol. The average molecular weight is 240 g/mol. The lowest BCUT2D eigenvalue weighted by atomic mass is 10.2. The number of amidine groups is 1. The molecular formula is C10H16N4OS. The first-order valence-corrected chi connectivity index (χ1v) is 5.96. The summed E-state index contributed by atoms with van der Waals surface area (Å²) in [6.07, 6.45) is 3.19. The van der Waals surface area contributed by atoms with Crippen LogP contribution < -0.4 is 5.73 Å².